The van der Waals surface area contributed by atoms with Crippen LogP contribution in [0.25, 0.3) is 0 Å². The van der Waals surface area contributed by atoms with Crippen LogP contribution in [0.2, 0.25) is 10.0 Å². The predicted molar refractivity (Wildman–Crippen MR) is 120 cm³/mol. The number of benzene rings is 2. The average Bonchev–Trinajstić information content (AvgIpc) is 3.15. The van der Waals surface area contributed by atoms with E-state index in [-0.39, 0.29) is 24.0 Å². The molecule has 1 aromatic heterocycles. The van der Waals surface area contributed by atoms with Gasteiger partial charge in [-0.05, 0) is 37.3 Å². The van der Waals surface area contributed by atoms with Crippen LogP contribution in [0.4, 0.5) is 4.39 Å². The Morgan fingerprint density at radius 3 is 2.59 bits per heavy atom. The molecule has 4 rings (SSSR count). The zero-order valence-corrected chi connectivity index (χ0v) is 19.0. The lowest BCUT2D eigenvalue weighted by Gasteiger charge is -2.34. The van der Waals surface area contributed by atoms with Gasteiger partial charge in [-0.2, -0.15) is 0 Å². The normalized spacial score (nSPS) is 14.6. The summed E-state index contributed by atoms with van der Waals surface area (Å²) in [4.78, 5) is 16.9. The molecule has 6 nitrogen and oxygen atoms in total. The van der Waals surface area contributed by atoms with Gasteiger partial charge in [-0.1, -0.05) is 40.5 Å². The van der Waals surface area contributed by atoms with E-state index in [9.17, 15) is 9.18 Å². The van der Waals surface area contributed by atoms with Crippen LogP contribution in [0.3, 0.4) is 0 Å². The Labute approximate surface area is 195 Å². The zero-order chi connectivity index (χ0) is 22.7. The highest BCUT2D eigenvalue weighted by Crippen LogP contribution is 2.24. The number of hydrogen-bond donors (Lipinski definition) is 0. The van der Waals surface area contributed by atoms with Crippen molar-refractivity contribution in [2.24, 2.45) is 0 Å². The van der Waals surface area contributed by atoms with Crippen molar-refractivity contribution < 1.29 is 18.4 Å². The Bertz CT molecular complexity index is 1090. The summed E-state index contributed by atoms with van der Waals surface area (Å²) in [6, 6.07) is 11.7. The molecule has 1 amide bonds. The van der Waals surface area contributed by atoms with Crippen molar-refractivity contribution in [2.45, 2.75) is 20.1 Å². The molecule has 0 aliphatic carbocycles. The minimum atomic E-state index is -0.321. The second kappa shape index (κ2) is 9.90. The number of hydrogen-bond acceptors (Lipinski definition) is 5. The number of carbonyl (C=O) groups excluding carboxylic acids is 1. The van der Waals surface area contributed by atoms with Gasteiger partial charge in [0.05, 0.1) is 5.56 Å². The van der Waals surface area contributed by atoms with Gasteiger partial charge in [-0.15, -0.1) is 0 Å². The molecule has 0 spiro atoms. The van der Waals surface area contributed by atoms with E-state index in [0.717, 1.165) is 0 Å². The van der Waals surface area contributed by atoms with Gasteiger partial charge < -0.3 is 14.2 Å². The Morgan fingerprint density at radius 2 is 1.88 bits per heavy atom. The number of aryl methyl sites for hydroxylation is 1. The van der Waals surface area contributed by atoms with E-state index in [4.69, 9.17) is 32.5 Å². The fourth-order valence-electron chi connectivity index (χ4n) is 3.61. The number of piperazine rings is 1. The first kappa shape index (κ1) is 22.6. The fraction of sp³-hybridized carbons (Fsp3) is 0.304. The second-order valence-electron chi connectivity index (χ2n) is 7.58. The molecule has 0 saturated carbocycles. The van der Waals surface area contributed by atoms with E-state index in [2.05, 4.69) is 10.1 Å². The van der Waals surface area contributed by atoms with E-state index >= 15 is 0 Å². The third-order valence-corrected chi connectivity index (χ3v) is 6.06. The molecule has 1 aliphatic rings. The largest absolute Gasteiger partial charge is 0.489 e. The maximum atomic E-state index is 14.1. The first-order chi connectivity index (χ1) is 15.4. The molecule has 1 aliphatic heterocycles. The summed E-state index contributed by atoms with van der Waals surface area (Å²) in [5, 5.41) is 4.95. The molecule has 1 saturated heterocycles. The standard InChI is InChI=1S/C23H22Cl2FN3O3/c1-15-19(14-31-17-5-2-4-16(24)12-17)22(27-32-15)23(30)29-10-8-28(9-11-29)13-18-20(25)6-3-7-21(18)26/h2-7,12H,8-11,13-14H2,1H3. The average molecular weight is 478 g/mol. The maximum Gasteiger partial charge on any atom is 0.276 e. The van der Waals surface area contributed by atoms with Crippen LogP contribution >= 0.6 is 23.2 Å². The molecule has 168 valence electrons. The smallest absolute Gasteiger partial charge is 0.276 e. The van der Waals surface area contributed by atoms with Crippen LogP contribution in [0, 0.1) is 12.7 Å². The third-order valence-electron chi connectivity index (χ3n) is 5.47. The van der Waals surface area contributed by atoms with E-state index < -0.39 is 0 Å². The van der Waals surface area contributed by atoms with Crippen LogP contribution in [-0.2, 0) is 13.2 Å². The molecule has 0 radical (unpaired) electrons. The van der Waals surface area contributed by atoms with Gasteiger partial charge in [-0.25, -0.2) is 4.39 Å². The van der Waals surface area contributed by atoms with Gasteiger partial charge in [-0.3, -0.25) is 9.69 Å². The number of ether oxygens (including phenoxy) is 1. The van der Waals surface area contributed by atoms with Crippen LogP contribution in [0.5, 0.6) is 5.75 Å². The van der Waals surface area contributed by atoms with Gasteiger partial charge in [0.2, 0.25) is 0 Å². The number of aromatic nitrogens is 1. The third kappa shape index (κ3) is 5.06. The van der Waals surface area contributed by atoms with Crippen molar-refractivity contribution >= 4 is 29.1 Å². The zero-order valence-electron chi connectivity index (χ0n) is 17.5. The number of rotatable bonds is 6. The SMILES string of the molecule is Cc1onc(C(=O)N2CCN(Cc3c(F)cccc3Cl)CC2)c1COc1cccc(Cl)c1. The molecule has 1 fully saturated rings. The maximum absolute atomic E-state index is 14.1. The molecule has 32 heavy (non-hydrogen) atoms. The minimum Gasteiger partial charge on any atom is -0.489 e. The van der Waals surface area contributed by atoms with Gasteiger partial charge in [0, 0.05) is 48.3 Å². The highest BCUT2D eigenvalue weighted by molar-refractivity contribution is 6.31. The first-order valence-corrected chi connectivity index (χ1v) is 11.0. The van der Waals surface area contributed by atoms with Crippen LogP contribution in [0.1, 0.15) is 27.4 Å². The Hall–Kier alpha value is -2.61. The molecule has 9 heteroatoms. The second-order valence-corrected chi connectivity index (χ2v) is 8.42. The summed E-state index contributed by atoms with van der Waals surface area (Å²) < 4.78 is 25.1. The number of nitrogens with zero attached hydrogens (tertiary/aromatic N) is 3. The van der Waals surface area contributed by atoms with Gasteiger partial charge in [0.25, 0.3) is 5.91 Å². The Kier molecular flexibility index (Phi) is 6.98. The van der Waals surface area contributed by atoms with Crippen LogP contribution in [0.15, 0.2) is 47.0 Å². The summed E-state index contributed by atoms with van der Waals surface area (Å²) in [7, 11) is 0. The van der Waals surface area contributed by atoms with Crippen molar-refractivity contribution in [3.05, 3.63) is 80.9 Å². The van der Waals surface area contributed by atoms with Crippen LogP contribution in [-0.4, -0.2) is 47.0 Å². The van der Waals surface area contributed by atoms with Crippen molar-refractivity contribution in [3.8, 4) is 5.75 Å². The Balaban J connectivity index is 1.38. The lowest BCUT2D eigenvalue weighted by atomic mass is 10.1. The first-order valence-electron chi connectivity index (χ1n) is 10.2. The topological polar surface area (TPSA) is 58.8 Å². The molecule has 2 aromatic carbocycles. The van der Waals surface area contributed by atoms with Crippen molar-refractivity contribution in [1.29, 1.82) is 0 Å². The summed E-state index contributed by atoms with van der Waals surface area (Å²) >= 11 is 12.1. The molecule has 2 heterocycles. The summed E-state index contributed by atoms with van der Waals surface area (Å²) in [6.45, 7) is 4.47. The van der Waals surface area contributed by atoms with E-state index in [1.54, 1.807) is 48.2 Å². The monoisotopic (exact) mass is 477 g/mol. The van der Waals surface area contributed by atoms with Crippen LogP contribution < -0.4 is 4.74 Å². The van der Waals surface area contributed by atoms with Gasteiger partial charge >= 0.3 is 0 Å². The number of amides is 1. The quantitative estimate of drug-likeness (QED) is 0.501. The number of halogens is 3. The van der Waals surface area contributed by atoms with E-state index in [1.807, 2.05) is 0 Å². The minimum absolute atomic E-state index is 0.141. The lowest BCUT2D eigenvalue weighted by Crippen LogP contribution is -2.48. The highest BCUT2D eigenvalue weighted by Gasteiger charge is 2.28. The predicted octanol–water partition coefficient (Wildman–Crippen LogP) is 4.97. The molecule has 0 N–H and O–H groups in total. The van der Waals surface area contributed by atoms with Crippen molar-refractivity contribution in [2.75, 3.05) is 26.2 Å². The molecule has 0 unspecified atom stereocenters. The number of carbonyl (C=O) groups is 1. The fourth-order valence-corrected chi connectivity index (χ4v) is 4.01. The molecule has 3 aromatic rings. The Morgan fingerprint density at radius 1 is 1.12 bits per heavy atom. The summed E-state index contributed by atoms with van der Waals surface area (Å²) in [6.07, 6.45) is 0. The van der Waals surface area contributed by atoms with Crippen molar-refractivity contribution in [3.63, 3.8) is 0 Å². The van der Waals surface area contributed by atoms with Crippen molar-refractivity contribution in [1.82, 2.24) is 15.0 Å². The van der Waals surface area contributed by atoms with Gasteiger partial charge in [0.15, 0.2) is 5.69 Å². The lowest BCUT2D eigenvalue weighted by molar-refractivity contribution is 0.0615. The molecular formula is C23H22Cl2FN3O3. The van der Waals surface area contributed by atoms with Gasteiger partial charge in [0.1, 0.15) is 23.9 Å². The van der Waals surface area contributed by atoms with E-state index in [0.29, 0.717) is 65.4 Å². The summed E-state index contributed by atoms with van der Waals surface area (Å²) in [5.41, 5.74) is 1.33. The molecular weight excluding hydrogens is 456 g/mol. The molecule has 0 atom stereocenters. The highest BCUT2D eigenvalue weighted by atomic mass is 35.5. The van der Waals surface area contributed by atoms with E-state index in [1.165, 1.54) is 6.07 Å². The summed E-state index contributed by atoms with van der Waals surface area (Å²) in [5.74, 6) is 0.591. The molecule has 0 bridgehead atoms.